The molecule has 6 aromatic carbocycles. The maximum absolute atomic E-state index is 12.7. The number of benzene rings is 4. The van der Waals surface area contributed by atoms with Gasteiger partial charge in [0, 0.05) is 9.52 Å². The third-order valence-electron chi connectivity index (χ3n) is 8.31. The van der Waals surface area contributed by atoms with Crippen molar-refractivity contribution in [3.05, 3.63) is 131 Å². The number of hydrogen-bond donors (Lipinski definition) is 0. The Labute approximate surface area is 324 Å². The molecule has 0 fully saturated rings. The van der Waals surface area contributed by atoms with Crippen LogP contribution in [0.2, 0.25) is 13.1 Å². The Morgan fingerprint density at radius 3 is 1.19 bits per heavy atom. The molecular formula is C42H42Cl2F6SiZr. The Hall–Kier alpha value is -2.64. The van der Waals surface area contributed by atoms with Gasteiger partial charge in [0.05, 0.1) is 11.1 Å². The third kappa shape index (κ3) is 12.7. The van der Waals surface area contributed by atoms with Gasteiger partial charge in [-0.1, -0.05) is 100 Å². The molecule has 6 aromatic rings. The van der Waals surface area contributed by atoms with Crippen molar-refractivity contribution in [2.45, 2.75) is 77.8 Å². The molecule has 0 aliphatic heterocycles. The molecule has 0 saturated heterocycles. The first-order valence-corrected chi connectivity index (χ1v) is 25.4. The predicted octanol–water partition coefficient (Wildman–Crippen LogP) is 15.3. The molecule has 0 saturated carbocycles. The van der Waals surface area contributed by atoms with Gasteiger partial charge in [0.25, 0.3) is 0 Å². The molecular weight excluding hydrogens is 809 g/mol. The van der Waals surface area contributed by atoms with Gasteiger partial charge in [-0.05, 0) is 48.2 Å². The van der Waals surface area contributed by atoms with Gasteiger partial charge in [0.2, 0.25) is 0 Å². The van der Waals surface area contributed by atoms with Crippen molar-refractivity contribution in [1.82, 2.24) is 0 Å². The van der Waals surface area contributed by atoms with Crippen LogP contribution in [0.15, 0.2) is 109 Å². The summed E-state index contributed by atoms with van der Waals surface area (Å²) in [5.74, 6) is 0. The summed E-state index contributed by atoms with van der Waals surface area (Å²) in [4.78, 5) is 0. The molecule has 0 atom stereocenters. The number of halogens is 8. The van der Waals surface area contributed by atoms with Gasteiger partial charge in [0.1, 0.15) is 0 Å². The van der Waals surface area contributed by atoms with Crippen molar-refractivity contribution in [1.29, 1.82) is 0 Å². The van der Waals surface area contributed by atoms with E-state index in [0.717, 1.165) is 116 Å². The predicted molar refractivity (Wildman–Crippen MR) is 206 cm³/mol. The van der Waals surface area contributed by atoms with Gasteiger partial charge in [-0.15, -0.1) is 69.1 Å². The van der Waals surface area contributed by atoms with Crippen molar-refractivity contribution >= 4 is 48.1 Å². The Kier molecular flexibility index (Phi) is 17.9. The number of unbranched alkanes of at least 4 members (excludes halogenated alkanes) is 2. The van der Waals surface area contributed by atoms with Crippen LogP contribution in [-0.2, 0) is 46.0 Å². The van der Waals surface area contributed by atoms with Gasteiger partial charge < -0.3 is 0 Å². The topological polar surface area (TPSA) is 0 Å². The van der Waals surface area contributed by atoms with Gasteiger partial charge in [-0.2, -0.15) is 38.5 Å². The molecule has 0 bridgehead atoms. The number of rotatable bonds is 8. The quantitative estimate of drug-likeness (QED) is 0.0813. The molecule has 0 aromatic heterocycles. The Bertz CT molecular complexity index is 1780. The van der Waals surface area contributed by atoms with Gasteiger partial charge in [-0.3, -0.25) is 0 Å². The molecule has 274 valence electrons. The fraction of sp³-hybridized carbons (Fsp3) is 0.286. The van der Waals surface area contributed by atoms with Crippen LogP contribution in [0, 0.1) is 0 Å². The number of alkyl halides is 6. The van der Waals surface area contributed by atoms with Crippen molar-refractivity contribution in [2.24, 2.45) is 0 Å². The van der Waals surface area contributed by atoms with Crippen LogP contribution in [0.25, 0.3) is 43.8 Å². The SMILES string of the molecule is CCCCc1cc2c(-c3ccc(C(F)(F)F)cc3)cccc2[cH-]1.CCCCc1cc2c(-c3ccc(C(F)(F)F)cc3)cccc2[cH-]1.C[Si]C.[Cl][Zr+2][Cl]. The standard InChI is InChI=1S/2C20H18F3.C2H6Si.2ClH.Zr/c2*1-2-3-5-14-12-16-6-4-7-18(19(16)13-14)15-8-10-17(11-9-15)20(21,22)23;1-3-2;;;/h2*4,6-13H,2-3,5H2,1H3;1-2H3;2*1H;/q2*-1;;;;+4/p-2. The Balaban J connectivity index is 0.000000244. The first-order chi connectivity index (χ1) is 24.8. The molecule has 2 radical (unpaired) electrons. The summed E-state index contributed by atoms with van der Waals surface area (Å²) in [6.07, 6.45) is -1.93. The van der Waals surface area contributed by atoms with Crippen LogP contribution in [0.3, 0.4) is 0 Å². The number of hydrogen-bond acceptors (Lipinski definition) is 0. The van der Waals surface area contributed by atoms with Crippen LogP contribution >= 0.6 is 17.0 Å². The summed E-state index contributed by atoms with van der Waals surface area (Å²) >= 11 is -0.826. The van der Waals surface area contributed by atoms with E-state index in [-0.39, 0.29) is 0 Å². The average molecular weight is 851 g/mol. The molecule has 52 heavy (non-hydrogen) atoms. The fourth-order valence-corrected chi connectivity index (χ4v) is 5.83. The van der Waals surface area contributed by atoms with E-state index >= 15 is 0 Å². The molecule has 0 aliphatic rings. The first-order valence-electron chi connectivity index (χ1n) is 17.1. The van der Waals surface area contributed by atoms with E-state index in [0.29, 0.717) is 0 Å². The minimum absolute atomic E-state index is 0.612. The molecule has 0 heterocycles. The molecule has 0 nitrogen and oxygen atoms in total. The summed E-state index contributed by atoms with van der Waals surface area (Å²) in [5.41, 5.74) is 4.96. The second-order valence-corrected chi connectivity index (χ2v) is 17.0. The second kappa shape index (κ2) is 21.3. The monoisotopic (exact) mass is 848 g/mol. The van der Waals surface area contributed by atoms with Crippen LogP contribution < -0.4 is 0 Å². The van der Waals surface area contributed by atoms with E-state index in [1.54, 1.807) is 24.3 Å². The van der Waals surface area contributed by atoms with E-state index in [1.807, 2.05) is 24.3 Å². The summed E-state index contributed by atoms with van der Waals surface area (Å²) in [7, 11) is 11.0. The van der Waals surface area contributed by atoms with E-state index < -0.39 is 44.3 Å². The van der Waals surface area contributed by atoms with Crippen molar-refractivity contribution in [3.63, 3.8) is 0 Å². The van der Waals surface area contributed by atoms with Crippen LogP contribution in [0.4, 0.5) is 26.3 Å². The molecule has 0 unspecified atom stereocenters. The summed E-state index contributed by atoms with van der Waals surface area (Å²) < 4.78 is 76.2. The zero-order chi connectivity index (χ0) is 38.3. The normalized spacial score (nSPS) is 11.2. The van der Waals surface area contributed by atoms with E-state index in [9.17, 15) is 26.3 Å². The zero-order valence-electron chi connectivity index (χ0n) is 29.7. The Morgan fingerprint density at radius 2 is 0.904 bits per heavy atom. The molecule has 0 spiro atoms. The minimum atomic E-state index is -4.29. The number of fused-ring (bicyclic) bond motifs is 2. The first kappa shape index (κ1) is 43.8. The van der Waals surface area contributed by atoms with Crippen molar-refractivity contribution < 1.29 is 47.2 Å². The van der Waals surface area contributed by atoms with Crippen LogP contribution in [-0.4, -0.2) is 9.52 Å². The van der Waals surface area contributed by atoms with E-state index in [1.165, 1.54) is 11.1 Å². The molecule has 6 rings (SSSR count). The van der Waals surface area contributed by atoms with Crippen LogP contribution in [0.1, 0.15) is 61.8 Å². The van der Waals surface area contributed by atoms with E-state index in [4.69, 9.17) is 17.0 Å². The van der Waals surface area contributed by atoms with Crippen LogP contribution in [0.5, 0.6) is 0 Å². The van der Waals surface area contributed by atoms with Gasteiger partial charge >= 0.3 is 50.2 Å². The van der Waals surface area contributed by atoms with Gasteiger partial charge in [0.15, 0.2) is 0 Å². The fourth-order valence-electron chi connectivity index (χ4n) is 5.83. The zero-order valence-corrected chi connectivity index (χ0v) is 34.6. The molecule has 0 aliphatic carbocycles. The third-order valence-corrected chi connectivity index (χ3v) is 8.31. The summed E-state index contributed by atoms with van der Waals surface area (Å²) in [5, 5.41) is 4.51. The molecule has 0 amide bonds. The maximum atomic E-state index is 12.7. The second-order valence-electron chi connectivity index (χ2n) is 12.3. The Morgan fingerprint density at radius 1 is 0.577 bits per heavy atom. The van der Waals surface area contributed by atoms with Gasteiger partial charge in [-0.25, -0.2) is 0 Å². The molecule has 10 heteroatoms. The molecule has 0 N–H and O–H groups in total. The summed E-state index contributed by atoms with van der Waals surface area (Å²) in [6, 6.07) is 31.4. The summed E-state index contributed by atoms with van der Waals surface area (Å²) in [6.45, 7) is 8.63. The van der Waals surface area contributed by atoms with E-state index in [2.05, 4.69) is 63.3 Å². The van der Waals surface area contributed by atoms with Crippen molar-refractivity contribution in [3.8, 4) is 22.3 Å². The average Bonchev–Trinajstić information content (AvgIpc) is 3.74. The van der Waals surface area contributed by atoms with Crippen molar-refractivity contribution in [2.75, 3.05) is 0 Å². The number of aryl methyl sites for hydroxylation is 2.